The van der Waals surface area contributed by atoms with Crippen molar-refractivity contribution in [3.63, 3.8) is 0 Å². The van der Waals surface area contributed by atoms with E-state index in [0.29, 0.717) is 5.82 Å². The Balaban J connectivity index is 2.55. The second-order valence-electron chi connectivity index (χ2n) is 4.09. The predicted octanol–water partition coefficient (Wildman–Crippen LogP) is 2.67. The first-order valence-corrected chi connectivity index (χ1v) is 5.31. The largest absolute Gasteiger partial charge is 0.266 e. The highest BCUT2D eigenvalue weighted by atomic mass is 16.1. The fraction of sp³-hybridized carbons (Fsp3) is 0.231. The standard InChI is InChI=1S/C13H13N3O/c1-9-4-10(2)6-11(5-9)12-7-13(14-8-17)15-16(12)3/h4-7H,1-3H3. The quantitative estimate of drug-likeness (QED) is 0.585. The molecule has 4 nitrogen and oxygen atoms in total. The normalized spacial score (nSPS) is 10.1. The number of carbonyl (C=O) groups excluding carboxylic acids is 1. The molecule has 0 aliphatic carbocycles. The van der Waals surface area contributed by atoms with Crippen molar-refractivity contribution in [2.24, 2.45) is 12.0 Å². The van der Waals surface area contributed by atoms with Crippen molar-refractivity contribution in [3.8, 4) is 11.3 Å². The average Bonchev–Trinajstić information content (AvgIpc) is 2.58. The van der Waals surface area contributed by atoms with Gasteiger partial charge in [0.05, 0.1) is 5.69 Å². The third-order valence-electron chi connectivity index (χ3n) is 2.54. The van der Waals surface area contributed by atoms with E-state index < -0.39 is 0 Å². The molecule has 1 aromatic heterocycles. The maximum absolute atomic E-state index is 10.2. The smallest absolute Gasteiger partial charge is 0.242 e. The first-order chi connectivity index (χ1) is 8.10. The molecule has 0 bridgehead atoms. The molecule has 2 aromatic rings. The lowest BCUT2D eigenvalue weighted by Gasteiger charge is -2.04. The zero-order valence-corrected chi connectivity index (χ0v) is 10.1. The molecule has 0 aliphatic rings. The zero-order chi connectivity index (χ0) is 12.4. The minimum absolute atomic E-state index is 0.386. The maximum Gasteiger partial charge on any atom is 0.242 e. The number of aryl methyl sites for hydroxylation is 3. The Bertz CT molecular complexity index is 587. The summed E-state index contributed by atoms with van der Waals surface area (Å²) in [5, 5.41) is 4.12. The van der Waals surface area contributed by atoms with Crippen molar-refractivity contribution in [2.45, 2.75) is 13.8 Å². The molecule has 0 saturated carbocycles. The van der Waals surface area contributed by atoms with Crippen molar-refractivity contribution >= 4 is 11.9 Å². The van der Waals surface area contributed by atoms with Crippen LogP contribution in [0.5, 0.6) is 0 Å². The van der Waals surface area contributed by atoms with Crippen LogP contribution < -0.4 is 0 Å². The van der Waals surface area contributed by atoms with Gasteiger partial charge in [-0.05, 0) is 26.0 Å². The van der Waals surface area contributed by atoms with Gasteiger partial charge < -0.3 is 0 Å². The van der Waals surface area contributed by atoms with E-state index in [1.807, 2.05) is 7.05 Å². The van der Waals surface area contributed by atoms with Crippen LogP contribution in [-0.2, 0) is 11.8 Å². The Labute approximate surface area is 99.6 Å². The first kappa shape index (κ1) is 11.3. The topological polar surface area (TPSA) is 47.2 Å². The van der Waals surface area contributed by atoms with Gasteiger partial charge in [0, 0.05) is 18.7 Å². The van der Waals surface area contributed by atoms with Crippen LogP contribution in [0.15, 0.2) is 29.3 Å². The van der Waals surface area contributed by atoms with Crippen molar-refractivity contribution in [3.05, 3.63) is 35.4 Å². The van der Waals surface area contributed by atoms with E-state index in [1.54, 1.807) is 10.7 Å². The van der Waals surface area contributed by atoms with E-state index >= 15 is 0 Å². The number of hydrogen-bond acceptors (Lipinski definition) is 3. The van der Waals surface area contributed by atoms with Gasteiger partial charge >= 0.3 is 0 Å². The molecule has 2 rings (SSSR count). The molecule has 0 fully saturated rings. The summed E-state index contributed by atoms with van der Waals surface area (Å²) in [5.74, 6) is 0.386. The highest BCUT2D eigenvalue weighted by Crippen LogP contribution is 2.25. The molecule has 0 N–H and O–H groups in total. The van der Waals surface area contributed by atoms with Crippen molar-refractivity contribution in [1.29, 1.82) is 0 Å². The van der Waals surface area contributed by atoms with Crippen LogP contribution in [0.2, 0.25) is 0 Å². The Hall–Kier alpha value is -2.19. The molecular formula is C13H13N3O. The summed E-state index contributed by atoms with van der Waals surface area (Å²) in [6.07, 6.45) is 1.50. The number of aromatic nitrogens is 2. The van der Waals surface area contributed by atoms with Gasteiger partial charge in [-0.15, -0.1) is 4.99 Å². The highest BCUT2D eigenvalue weighted by Gasteiger charge is 2.07. The van der Waals surface area contributed by atoms with Gasteiger partial charge in [0.1, 0.15) is 0 Å². The number of rotatable bonds is 2. The van der Waals surface area contributed by atoms with Crippen LogP contribution in [0.1, 0.15) is 11.1 Å². The van der Waals surface area contributed by atoms with Crippen LogP contribution >= 0.6 is 0 Å². The van der Waals surface area contributed by atoms with Crippen LogP contribution in [-0.4, -0.2) is 15.9 Å². The summed E-state index contributed by atoms with van der Waals surface area (Å²) >= 11 is 0. The van der Waals surface area contributed by atoms with Gasteiger partial charge in [0.2, 0.25) is 6.08 Å². The van der Waals surface area contributed by atoms with E-state index in [-0.39, 0.29) is 0 Å². The van der Waals surface area contributed by atoms with Gasteiger partial charge in [0.15, 0.2) is 5.82 Å². The second-order valence-corrected chi connectivity index (χ2v) is 4.09. The van der Waals surface area contributed by atoms with E-state index in [0.717, 1.165) is 11.3 Å². The molecule has 0 aliphatic heterocycles. The van der Waals surface area contributed by atoms with Gasteiger partial charge in [-0.1, -0.05) is 17.2 Å². The Morgan fingerprint density at radius 3 is 2.41 bits per heavy atom. The predicted molar refractivity (Wildman–Crippen MR) is 65.9 cm³/mol. The lowest BCUT2D eigenvalue weighted by Crippen LogP contribution is -1.94. The Morgan fingerprint density at radius 2 is 1.82 bits per heavy atom. The number of hydrogen-bond donors (Lipinski definition) is 0. The van der Waals surface area contributed by atoms with Crippen LogP contribution in [0.3, 0.4) is 0 Å². The van der Waals surface area contributed by atoms with Gasteiger partial charge in [-0.3, -0.25) is 4.68 Å². The summed E-state index contributed by atoms with van der Waals surface area (Å²) in [6.45, 7) is 4.11. The second kappa shape index (κ2) is 4.36. The number of nitrogens with zero attached hydrogens (tertiary/aromatic N) is 3. The molecule has 0 unspecified atom stereocenters. The molecule has 1 aromatic carbocycles. The SMILES string of the molecule is Cc1cc(C)cc(-c2cc(N=C=O)nn2C)c1. The summed E-state index contributed by atoms with van der Waals surface area (Å²) < 4.78 is 1.71. The van der Waals surface area contributed by atoms with E-state index in [9.17, 15) is 4.79 Å². The minimum Gasteiger partial charge on any atom is -0.266 e. The molecule has 1 heterocycles. The van der Waals surface area contributed by atoms with Gasteiger partial charge in [0.25, 0.3) is 0 Å². The molecule has 0 amide bonds. The average molecular weight is 227 g/mol. The Kier molecular flexibility index (Phi) is 2.90. The maximum atomic E-state index is 10.2. The zero-order valence-electron chi connectivity index (χ0n) is 10.1. The fourth-order valence-corrected chi connectivity index (χ4v) is 1.95. The summed E-state index contributed by atoms with van der Waals surface area (Å²) in [5.41, 5.74) is 4.40. The summed E-state index contributed by atoms with van der Waals surface area (Å²) in [6, 6.07) is 8.06. The Morgan fingerprint density at radius 1 is 1.18 bits per heavy atom. The van der Waals surface area contributed by atoms with Crippen LogP contribution in [0, 0.1) is 13.8 Å². The third kappa shape index (κ3) is 2.32. The molecule has 0 spiro atoms. The molecular weight excluding hydrogens is 214 g/mol. The van der Waals surface area contributed by atoms with E-state index in [4.69, 9.17) is 0 Å². The van der Waals surface area contributed by atoms with Crippen molar-refractivity contribution in [2.75, 3.05) is 0 Å². The monoisotopic (exact) mass is 227 g/mol. The van der Waals surface area contributed by atoms with E-state index in [2.05, 4.69) is 42.1 Å². The number of isocyanates is 1. The minimum atomic E-state index is 0.386. The first-order valence-electron chi connectivity index (χ1n) is 5.31. The highest BCUT2D eigenvalue weighted by molar-refractivity contribution is 5.65. The van der Waals surface area contributed by atoms with Crippen LogP contribution in [0.4, 0.5) is 5.82 Å². The van der Waals surface area contributed by atoms with Crippen molar-refractivity contribution in [1.82, 2.24) is 9.78 Å². The molecule has 17 heavy (non-hydrogen) atoms. The lowest BCUT2D eigenvalue weighted by molar-refractivity contribution is 0.565. The molecule has 0 atom stereocenters. The number of benzene rings is 1. The summed E-state index contributed by atoms with van der Waals surface area (Å²) in [7, 11) is 1.83. The molecule has 4 heteroatoms. The number of aliphatic imine (C=N–C) groups is 1. The fourth-order valence-electron chi connectivity index (χ4n) is 1.95. The van der Waals surface area contributed by atoms with Crippen LogP contribution in [0.25, 0.3) is 11.3 Å². The van der Waals surface area contributed by atoms with Crippen molar-refractivity contribution < 1.29 is 4.79 Å². The van der Waals surface area contributed by atoms with Gasteiger partial charge in [-0.25, -0.2) is 4.79 Å². The lowest BCUT2D eigenvalue weighted by atomic mass is 10.1. The third-order valence-corrected chi connectivity index (χ3v) is 2.54. The molecule has 86 valence electrons. The van der Waals surface area contributed by atoms with Gasteiger partial charge in [-0.2, -0.15) is 5.10 Å². The summed E-state index contributed by atoms with van der Waals surface area (Å²) in [4.78, 5) is 13.7. The molecule has 0 radical (unpaired) electrons. The van der Waals surface area contributed by atoms with E-state index in [1.165, 1.54) is 17.2 Å². The molecule has 0 saturated heterocycles.